The molecule has 0 fully saturated rings. The van der Waals surface area contributed by atoms with Crippen LogP contribution in [0.5, 0.6) is 0 Å². The Morgan fingerprint density at radius 2 is 1.49 bits per heavy atom. The van der Waals surface area contributed by atoms with Crippen LogP contribution >= 0.6 is 0 Å². The van der Waals surface area contributed by atoms with Crippen molar-refractivity contribution in [2.75, 3.05) is 7.11 Å². The maximum Gasteiger partial charge on any atom is 0.419 e. The molecule has 1 heterocycles. The minimum Gasteiger partial charge on any atom is -0.467 e. The zero-order valence-electron chi connectivity index (χ0n) is 21.4. The van der Waals surface area contributed by atoms with Gasteiger partial charge in [-0.25, -0.2) is 9.59 Å². The summed E-state index contributed by atoms with van der Waals surface area (Å²) in [5.74, 6) is -0.978. The molecule has 0 unspecified atom stereocenters. The predicted octanol–water partition coefficient (Wildman–Crippen LogP) is 5.61. The number of aromatic nitrogens is 1. The van der Waals surface area contributed by atoms with Crippen molar-refractivity contribution in [3.05, 3.63) is 96.2 Å². The van der Waals surface area contributed by atoms with E-state index >= 15 is 0 Å². The van der Waals surface area contributed by atoms with Crippen molar-refractivity contribution >= 4 is 28.9 Å². The van der Waals surface area contributed by atoms with Crippen molar-refractivity contribution < 1.29 is 23.9 Å². The van der Waals surface area contributed by atoms with Gasteiger partial charge in [-0.05, 0) is 55.7 Å². The van der Waals surface area contributed by atoms with Crippen molar-refractivity contribution in [1.29, 1.82) is 0 Å². The molecule has 3 aromatic carbocycles. The number of nitrogens with one attached hydrogen (secondary N) is 1. The second-order valence-corrected chi connectivity index (χ2v) is 9.72. The number of esters is 1. The van der Waals surface area contributed by atoms with Gasteiger partial charge < -0.3 is 14.8 Å². The summed E-state index contributed by atoms with van der Waals surface area (Å²) >= 11 is 0. The van der Waals surface area contributed by atoms with Gasteiger partial charge in [0.05, 0.1) is 12.6 Å². The van der Waals surface area contributed by atoms with Crippen LogP contribution in [-0.2, 0) is 20.7 Å². The first kappa shape index (κ1) is 25.7. The number of fused-ring (bicyclic) bond motifs is 1. The van der Waals surface area contributed by atoms with Crippen LogP contribution in [0.4, 0.5) is 4.79 Å². The first-order valence-corrected chi connectivity index (χ1v) is 12.0. The number of carbonyl (C=O) groups excluding carboxylic acids is 3. The van der Waals surface area contributed by atoms with E-state index in [-0.39, 0.29) is 6.42 Å². The number of benzene rings is 3. The number of carbonyl (C=O) groups is 3. The van der Waals surface area contributed by atoms with Gasteiger partial charge in [-0.1, -0.05) is 60.7 Å². The van der Waals surface area contributed by atoms with E-state index < -0.39 is 29.6 Å². The molecule has 1 N–H and O–H groups in total. The normalized spacial score (nSPS) is 12.1. The summed E-state index contributed by atoms with van der Waals surface area (Å²) in [6, 6.07) is 23.4. The summed E-state index contributed by atoms with van der Waals surface area (Å²) in [7, 11) is 1.28. The molecule has 37 heavy (non-hydrogen) atoms. The van der Waals surface area contributed by atoms with E-state index in [1.54, 1.807) is 39.1 Å². The smallest absolute Gasteiger partial charge is 0.419 e. The van der Waals surface area contributed by atoms with E-state index in [1.165, 1.54) is 11.7 Å². The Bertz CT molecular complexity index is 1420. The molecule has 7 nitrogen and oxygen atoms in total. The molecule has 0 spiro atoms. The van der Waals surface area contributed by atoms with Crippen LogP contribution in [0.1, 0.15) is 36.7 Å². The van der Waals surface area contributed by atoms with E-state index in [2.05, 4.69) is 5.32 Å². The van der Waals surface area contributed by atoms with E-state index in [4.69, 9.17) is 9.47 Å². The maximum absolute atomic E-state index is 13.0. The summed E-state index contributed by atoms with van der Waals surface area (Å²) in [6.45, 7) is 5.39. The molecule has 0 aliphatic heterocycles. The highest BCUT2D eigenvalue weighted by Gasteiger charge is 2.26. The Kier molecular flexibility index (Phi) is 7.43. The number of ether oxygens (including phenoxy) is 2. The van der Waals surface area contributed by atoms with Gasteiger partial charge in [0.25, 0.3) is 5.91 Å². The second kappa shape index (κ2) is 10.7. The fourth-order valence-corrected chi connectivity index (χ4v) is 4.12. The molecule has 7 heteroatoms. The summed E-state index contributed by atoms with van der Waals surface area (Å²) in [5.41, 5.74) is 3.14. The molecule has 1 atom stereocenters. The summed E-state index contributed by atoms with van der Waals surface area (Å²) in [4.78, 5) is 38.5. The van der Waals surface area contributed by atoms with Crippen molar-refractivity contribution in [3.63, 3.8) is 0 Å². The summed E-state index contributed by atoms with van der Waals surface area (Å²) < 4.78 is 11.9. The molecule has 0 saturated carbocycles. The average Bonchev–Trinajstić information content (AvgIpc) is 3.26. The van der Waals surface area contributed by atoms with Gasteiger partial charge in [-0.3, -0.25) is 9.36 Å². The van der Waals surface area contributed by atoms with E-state index in [0.717, 1.165) is 16.5 Å². The van der Waals surface area contributed by atoms with Gasteiger partial charge in [0.15, 0.2) is 0 Å². The van der Waals surface area contributed by atoms with Crippen LogP contribution < -0.4 is 5.32 Å². The fraction of sp³-hybridized carbons (Fsp3) is 0.233. The minimum atomic E-state index is -0.954. The Morgan fingerprint density at radius 1 is 0.865 bits per heavy atom. The maximum atomic E-state index is 13.0. The minimum absolute atomic E-state index is 0.136. The Labute approximate surface area is 216 Å². The van der Waals surface area contributed by atoms with Crippen LogP contribution in [0.25, 0.3) is 22.0 Å². The Balaban J connectivity index is 1.57. The molecule has 0 bridgehead atoms. The van der Waals surface area contributed by atoms with E-state index in [1.807, 2.05) is 66.7 Å². The molecule has 0 radical (unpaired) electrons. The van der Waals surface area contributed by atoms with Gasteiger partial charge in [0.1, 0.15) is 11.6 Å². The molecule has 4 aromatic rings. The number of hydrogen-bond donors (Lipinski definition) is 1. The lowest BCUT2D eigenvalue weighted by atomic mass is 10.0. The highest BCUT2D eigenvalue weighted by atomic mass is 16.6. The third-order valence-electron chi connectivity index (χ3n) is 5.85. The van der Waals surface area contributed by atoms with Gasteiger partial charge in [0, 0.05) is 23.6 Å². The summed E-state index contributed by atoms with van der Waals surface area (Å²) in [6.07, 6.45) is 1.26. The predicted molar refractivity (Wildman–Crippen MR) is 142 cm³/mol. The van der Waals surface area contributed by atoms with E-state index in [0.29, 0.717) is 16.6 Å². The molecule has 1 aromatic heterocycles. The lowest BCUT2D eigenvalue weighted by Crippen LogP contribution is -2.43. The molecule has 0 aliphatic carbocycles. The van der Waals surface area contributed by atoms with Crippen molar-refractivity contribution in [1.82, 2.24) is 9.88 Å². The highest BCUT2D eigenvalue weighted by molar-refractivity contribution is 5.98. The van der Waals surface area contributed by atoms with E-state index in [9.17, 15) is 14.4 Å². The van der Waals surface area contributed by atoms with Crippen LogP contribution in [0.3, 0.4) is 0 Å². The van der Waals surface area contributed by atoms with Gasteiger partial charge >= 0.3 is 12.1 Å². The molecule has 1 amide bonds. The van der Waals surface area contributed by atoms with Crippen LogP contribution in [-0.4, -0.2) is 41.3 Å². The number of methoxy groups -OCH3 is 1. The zero-order chi connectivity index (χ0) is 26.6. The molecule has 190 valence electrons. The average molecular weight is 499 g/mol. The van der Waals surface area contributed by atoms with Gasteiger partial charge in [-0.2, -0.15) is 0 Å². The fourth-order valence-electron chi connectivity index (χ4n) is 4.12. The SMILES string of the molecule is COC(=O)[C@H](Cc1cn(C(=O)OC(C)(C)C)c2ccccc12)NC(=O)c1ccc(-c2ccccc2)cc1. The first-order valence-electron chi connectivity index (χ1n) is 12.0. The van der Waals surface area contributed by atoms with Gasteiger partial charge in [0.2, 0.25) is 0 Å². The standard InChI is InChI=1S/C30H30N2O5/c1-30(2,3)37-29(35)32-19-23(24-12-8-9-13-26(24)32)18-25(28(34)36-4)31-27(33)22-16-14-21(15-17-22)20-10-6-5-7-11-20/h5-17,19,25H,18H2,1-4H3,(H,31,33)/t25-/m0/s1. The second-order valence-electron chi connectivity index (χ2n) is 9.72. The van der Waals surface area contributed by atoms with Crippen LogP contribution in [0.15, 0.2) is 85.1 Å². The first-order chi connectivity index (χ1) is 17.7. The largest absolute Gasteiger partial charge is 0.467 e. The van der Waals surface area contributed by atoms with Crippen LogP contribution in [0.2, 0.25) is 0 Å². The quantitative estimate of drug-likeness (QED) is 0.350. The highest BCUT2D eigenvalue weighted by Crippen LogP contribution is 2.25. The molecular weight excluding hydrogens is 468 g/mol. The number of para-hydroxylation sites is 1. The van der Waals surface area contributed by atoms with Crippen LogP contribution in [0, 0.1) is 0 Å². The Morgan fingerprint density at radius 3 is 2.14 bits per heavy atom. The molecule has 0 aliphatic rings. The van der Waals surface area contributed by atoms with Crippen molar-refractivity contribution in [2.45, 2.75) is 38.8 Å². The van der Waals surface area contributed by atoms with Gasteiger partial charge in [-0.15, -0.1) is 0 Å². The third kappa shape index (κ3) is 6.06. The number of nitrogens with zero attached hydrogens (tertiary/aromatic N) is 1. The zero-order valence-corrected chi connectivity index (χ0v) is 21.4. The lowest BCUT2D eigenvalue weighted by molar-refractivity contribution is -0.142. The summed E-state index contributed by atoms with van der Waals surface area (Å²) in [5, 5.41) is 3.58. The van der Waals surface area contributed by atoms with Crippen molar-refractivity contribution in [2.24, 2.45) is 0 Å². The monoisotopic (exact) mass is 498 g/mol. The molecule has 0 saturated heterocycles. The van der Waals surface area contributed by atoms with Crippen molar-refractivity contribution in [3.8, 4) is 11.1 Å². The lowest BCUT2D eigenvalue weighted by Gasteiger charge is -2.19. The Hall–Kier alpha value is -4.39. The molecular formula is C30H30N2O5. The topological polar surface area (TPSA) is 86.6 Å². The number of amides is 1. The third-order valence-corrected chi connectivity index (χ3v) is 5.85. The number of hydrogen-bond acceptors (Lipinski definition) is 5. The number of rotatable bonds is 6. The molecule has 4 rings (SSSR count).